The van der Waals surface area contributed by atoms with Crippen LogP contribution in [-0.2, 0) is 19.9 Å². The molecule has 0 aliphatic carbocycles. The zero-order valence-electron chi connectivity index (χ0n) is 10.7. The molecular formula is C15H15N3O. The number of aryl methyl sites for hydroxylation is 3. The highest BCUT2D eigenvalue weighted by Crippen LogP contribution is 2.19. The molecule has 1 N–H and O–H groups in total. The average molecular weight is 253 g/mol. The largest absolute Gasteiger partial charge is 0.508 e. The molecule has 0 aliphatic heterocycles. The molecule has 2 aromatic heterocycles. The summed E-state index contributed by atoms with van der Waals surface area (Å²) in [6.07, 6.45) is 5.12. The van der Waals surface area contributed by atoms with Crippen molar-refractivity contribution in [3.8, 4) is 5.75 Å². The summed E-state index contributed by atoms with van der Waals surface area (Å²) >= 11 is 0. The molecule has 3 aromatic rings. The highest BCUT2D eigenvalue weighted by Gasteiger charge is 2.08. The highest BCUT2D eigenvalue weighted by molar-refractivity contribution is 5.74. The third-order valence-electron chi connectivity index (χ3n) is 3.39. The SMILES string of the molecule is Cn1c(CCc2ccccc2O)nc2cnccc21. The lowest BCUT2D eigenvalue weighted by molar-refractivity contribution is 0.467. The Balaban J connectivity index is 1.86. The van der Waals surface area contributed by atoms with Crippen LogP contribution >= 0.6 is 0 Å². The van der Waals surface area contributed by atoms with Crippen LogP contribution in [0.5, 0.6) is 5.75 Å². The summed E-state index contributed by atoms with van der Waals surface area (Å²) in [7, 11) is 2.01. The van der Waals surface area contributed by atoms with Gasteiger partial charge in [-0.25, -0.2) is 4.98 Å². The smallest absolute Gasteiger partial charge is 0.118 e. The third kappa shape index (κ3) is 2.17. The average Bonchev–Trinajstić information content (AvgIpc) is 2.75. The molecule has 0 saturated carbocycles. The van der Waals surface area contributed by atoms with Crippen molar-refractivity contribution < 1.29 is 5.11 Å². The number of phenols is 1. The van der Waals surface area contributed by atoms with Gasteiger partial charge in [0.2, 0.25) is 0 Å². The highest BCUT2D eigenvalue weighted by atomic mass is 16.3. The second-order valence-electron chi connectivity index (χ2n) is 4.58. The molecule has 0 spiro atoms. The number of rotatable bonds is 3. The normalized spacial score (nSPS) is 11.0. The molecule has 2 heterocycles. The van der Waals surface area contributed by atoms with Crippen LogP contribution in [0.25, 0.3) is 11.0 Å². The van der Waals surface area contributed by atoms with E-state index in [9.17, 15) is 5.11 Å². The minimum Gasteiger partial charge on any atom is -0.508 e. The minimum absolute atomic E-state index is 0.350. The fraction of sp³-hybridized carbons (Fsp3) is 0.200. The molecule has 0 saturated heterocycles. The van der Waals surface area contributed by atoms with E-state index in [1.165, 1.54) is 0 Å². The van der Waals surface area contributed by atoms with Crippen LogP contribution in [0.3, 0.4) is 0 Å². The molecule has 0 fully saturated rings. The first kappa shape index (κ1) is 11.7. The number of fused-ring (bicyclic) bond motifs is 1. The fourth-order valence-electron chi connectivity index (χ4n) is 2.29. The van der Waals surface area contributed by atoms with Crippen LogP contribution in [-0.4, -0.2) is 19.6 Å². The van der Waals surface area contributed by atoms with Gasteiger partial charge in [-0.05, 0) is 24.1 Å². The molecule has 0 aliphatic rings. The molecule has 0 bridgehead atoms. The number of pyridine rings is 1. The second kappa shape index (κ2) is 4.72. The Kier molecular flexibility index (Phi) is 2.91. The molecular weight excluding hydrogens is 238 g/mol. The lowest BCUT2D eigenvalue weighted by Gasteiger charge is -2.04. The molecule has 4 heteroatoms. The van der Waals surface area contributed by atoms with Gasteiger partial charge >= 0.3 is 0 Å². The van der Waals surface area contributed by atoms with Crippen LogP contribution < -0.4 is 0 Å². The summed E-state index contributed by atoms with van der Waals surface area (Å²) in [6, 6.07) is 9.40. The number of imidazole rings is 1. The van der Waals surface area contributed by atoms with Crippen molar-refractivity contribution >= 4 is 11.0 Å². The minimum atomic E-state index is 0.350. The van der Waals surface area contributed by atoms with Gasteiger partial charge < -0.3 is 9.67 Å². The molecule has 96 valence electrons. The summed E-state index contributed by atoms with van der Waals surface area (Å²) in [4.78, 5) is 8.66. The fourth-order valence-corrected chi connectivity index (χ4v) is 2.29. The topological polar surface area (TPSA) is 50.9 Å². The van der Waals surface area contributed by atoms with E-state index in [0.29, 0.717) is 5.75 Å². The summed E-state index contributed by atoms with van der Waals surface area (Å²) in [5.74, 6) is 1.36. The van der Waals surface area contributed by atoms with Crippen LogP contribution in [0.15, 0.2) is 42.7 Å². The molecule has 1 aromatic carbocycles. The Morgan fingerprint density at radius 3 is 2.79 bits per heavy atom. The lowest BCUT2D eigenvalue weighted by Crippen LogP contribution is -2.00. The van der Waals surface area contributed by atoms with E-state index in [2.05, 4.69) is 14.5 Å². The van der Waals surface area contributed by atoms with Crippen molar-refractivity contribution in [1.82, 2.24) is 14.5 Å². The van der Waals surface area contributed by atoms with Crippen LogP contribution in [0.1, 0.15) is 11.4 Å². The Morgan fingerprint density at radius 2 is 2.00 bits per heavy atom. The molecule has 0 atom stereocenters. The molecule has 19 heavy (non-hydrogen) atoms. The molecule has 0 unspecified atom stereocenters. The van der Waals surface area contributed by atoms with E-state index in [1.54, 1.807) is 18.5 Å². The Hall–Kier alpha value is -2.36. The van der Waals surface area contributed by atoms with Gasteiger partial charge in [0.25, 0.3) is 0 Å². The van der Waals surface area contributed by atoms with Crippen LogP contribution in [0.2, 0.25) is 0 Å². The van der Waals surface area contributed by atoms with Crippen molar-refractivity contribution in [2.45, 2.75) is 12.8 Å². The molecule has 3 rings (SSSR count). The number of nitrogens with zero attached hydrogens (tertiary/aromatic N) is 3. The third-order valence-corrected chi connectivity index (χ3v) is 3.39. The number of aromatic hydroxyl groups is 1. The quantitative estimate of drug-likeness (QED) is 0.780. The zero-order valence-corrected chi connectivity index (χ0v) is 10.7. The maximum Gasteiger partial charge on any atom is 0.118 e. The lowest BCUT2D eigenvalue weighted by atomic mass is 10.1. The first-order chi connectivity index (χ1) is 9.25. The van der Waals surface area contributed by atoms with Gasteiger partial charge in [-0.3, -0.25) is 4.98 Å². The van der Waals surface area contributed by atoms with Crippen molar-refractivity contribution in [2.75, 3.05) is 0 Å². The van der Waals surface area contributed by atoms with E-state index < -0.39 is 0 Å². The van der Waals surface area contributed by atoms with Gasteiger partial charge in [-0.1, -0.05) is 18.2 Å². The number of para-hydroxylation sites is 1. The second-order valence-corrected chi connectivity index (χ2v) is 4.58. The summed E-state index contributed by atoms with van der Waals surface area (Å²) in [5, 5.41) is 9.76. The predicted octanol–water partition coefficient (Wildman–Crippen LogP) is 2.46. The first-order valence-corrected chi connectivity index (χ1v) is 6.28. The number of benzene rings is 1. The number of aromatic nitrogens is 3. The van der Waals surface area contributed by atoms with E-state index in [0.717, 1.165) is 35.3 Å². The van der Waals surface area contributed by atoms with E-state index in [-0.39, 0.29) is 0 Å². The van der Waals surface area contributed by atoms with E-state index in [4.69, 9.17) is 0 Å². The summed E-state index contributed by atoms with van der Waals surface area (Å²) in [5.41, 5.74) is 2.95. The molecule has 0 radical (unpaired) electrons. The van der Waals surface area contributed by atoms with Crippen molar-refractivity contribution in [1.29, 1.82) is 0 Å². The van der Waals surface area contributed by atoms with Gasteiger partial charge in [0.05, 0.1) is 11.7 Å². The van der Waals surface area contributed by atoms with Crippen LogP contribution in [0.4, 0.5) is 0 Å². The van der Waals surface area contributed by atoms with Crippen molar-refractivity contribution in [3.05, 3.63) is 54.1 Å². The van der Waals surface area contributed by atoms with Gasteiger partial charge in [0.15, 0.2) is 0 Å². The van der Waals surface area contributed by atoms with Crippen molar-refractivity contribution in [2.24, 2.45) is 7.05 Å². The Labute approximate surface area is 111 Å². The van der Waals surface area contributed by atoms with Gasteiger partial charge in [0, 0.05) is 19.7 Å². The number of phenolic OH excluding ortho intramolecular Hbond substituents is 1. The summed E-state index contributed by atoms with van der Waals surface area (Å²) in [6.45, 7) is 0. The Morgan fingerprint density at radius 1 is 1.16 bits per heavy atom. The molecule has 4 nitrogen and oxygen atoms in total. The number of hydrogen-bond donors (Lipinski definition) is 1. The monoisotopic (exact) mass is 253 g/mol. The maximum atomic E-state index is 9.76. The van der Waals surface area contributed by atoms with Gasteiger partial charge in [-0.15, -0.1) is 0 Å². The number of hydrogen-bond acceptors (Lipinski definition) is 3. The molecule has 0 amide bonds. The van der Waals surface area contributed by atoms with Crippen molar-refractivity contribution in [3.63, 3.8) is 0 Å². The van der Waals surface area contributed by atoms with Gasteiger partial charge in [-0.2, -0.15) is 0 Å². The Bertz CT molecular complexity index is 718. The van der Waals surface area contributed by atoms with E-state index >= 15 is 0 Å². The maximum absolute atomic E-state index is 9.76. The van der Waals surface area contributed by atoms with Crippen LogP contribution in [0, 0.1) is 0 Å². The predicted molar refractivity (Wildman–Crippen MR) is 74.0 cm³/mol. The zero-order chi connectivity index (χ0) is 13.2. The van der Waals surface area contributed by atoms with Gasteiger partial charge in [0.1, 0.15) is 17.1 Å². The first-order valence-electron chi connectivity index (χ1n) is 6.28. The standard InChI is InChI=1S/C15H15N3O/c1-18-13-8-9-16-10-12(13)17-15(18)7-6-11-4-2-3-5-14(11)19/h2-5,8-10,19H,6-7H2,1H3. The summed E-state index contributed by atoms with van der Waals surface area (Å²) < 4.78 is 2.08. The van der Waals surface area contributed by atoms with E-state index in [1.807, 2.05) is 31.3 Å².